The highest BCUT2D eigenvalue weighted by molar-refractivity contribution is 5.92. The minimum Gasteiger partial charge on any atom is -0.481 e. The molecule has 0 atom stereocenters. The van der Waals surface area contributed by atoms with Gasteiger partial charge in [0.2, 0.25) is 0 Å². The highest BCUT2D eigenvalue weighted by atomic mass is 16.4. The van der Waals surface area contributed by atoms with E-state index in [0.29, 0.717) is 0 Å². The molecule has 1 aromatic heterocycles. The minimum atomic E-state index is -1.02. The normalized spacial score (nSPS) is 11.2. The molecule has 0 spiro atoms. The number of nitrogens with zero attached hydrogens (tertiary/aromatic N) is 2. The van der Waals surface area contributed by atoms with E-state index in [9.17, 15) is 9.59 Å². The van der Waals surface area contributed by atoms with Crippen molar-refractivity contribution in [1.29, 1.82) is 0 Å². The number of hydrogen-bond acceptors (Lipinski definition) is 3. The third kappa shape index (κ3) is 3.33. The van der Waals surface area contributed by atoms with Crippen molar-refractivity contribution in [1.82, 2.24) is 15.1 Å². The number of carbonyl (C=O) groups excluding carboxylic acids is 1. The molecule has 0 saturated carbocycles. The average molecular weight is 301 g/mol. The van der Waals surface area contributed by atoms with Gasteiger partial charge in [-0.3, -0.25) is 9.59 Å². The molecule has 116 valence electrons. The number of benzene rings is 1. The van der Waals surface area contributed by atoms with Gasteiger partial charge in [-0.15, -0.1) is 0 Å². The summed E-state index contributed by atoms with van der Waals surface area (Å²) in [5, 5.41) is 16.0. The van der Waals surface area contributed by atoms with Crippen molar-refractivity contribution < 1.29 is 14.7 Å². The molecule has 0 saturated heterocycles. The predicted octanol–water partition coefficient (Wildman–Crippen LogP) is 2.02. The second-order valence-electron chi connectivity index (χ2n) is 5.79. The van der Waals surface area contributed by atoms with Crippen molar-refractivity contribution in [2.45, 2.75) is 20.8 Å². The quantitative estimate of drug-likeness (QED) is 0.885. The molecule has 0 radical (unpaired) electrons. The Kier molecular flexibility index (Phi) is 4.30. The van der Waals surface area contributed by atoms with Gasteiger partial charge in [0.05, 0.1) is 11.1 Å². The Hall–Kier alpha value is -2.63. The first-order valence-electron chi connectivity index (χ1n) is 6.95. The van der Waals surface area contributed by atoms with E-state index in [4.69, 9.17) is 5.11 Å². The van der Waals surface area contributed by atoms with Crippen LogP contribution < -0.4 is 5.32 Å². The van der Waals surface area contributed by atoms with Gasteiger partial charge in [0.25, 0.3) is 5.91 Å². The Labute approximate surface area is 128 Å². The lowest BCUT2D eigenvalue weighted by molar-refractivity contribution is -0.146. The minimum absolute atomic E-state index is 0.0401. The Bertz CT molecular complexity index is 690. The van der Waals surface area contributed by atoms with Crippen molar-refractivity contribution >= 4 is 11.9 Å². The molecule has 1 aromatic carbocycles. The van der Waals surface area contributed by atoms with Crippen molar-refractivity contribution in [2.24, 2.45) is 5.41 Å². The number of aromatic nitrogens is 2. The lowest BCUT2D eigenvalue weighted by atomic mass is 9.94. The maximum absolute atomic E-state index is 12.1. The van der Waals surface area contributed by atoms with Gasteiger partial charge < -0.3 is 10.4 Å². The summed E-state index contributed by atoms with van der Waals surface area (Å²) >= 11 is 0. The molecule has 0 aliphatic carbocycles. The van der Waals surface area contributed by atoms with E-state index in [1.54, 1.807) is 24.6 Å². The first-order chi connectivity index (χ1) is 10.3. The fourth-order valence-corrected chi connectivity index (χ4v) is 1.88. The summed E-state index contributed by atoms with van der Waals surface area (Å²) in [4.78, 5) is 23.2. The number of carboxylic acids is 1. The molecule has 22 heavy (non-hydrogen) atoms. The Morgan fingerprint density at radius 1 is 1.27 bits per heavy atom. The third-order valence-electron chi connectivity index (χ3n) is 3.39. The van der Waals surface area contributed by atoms with E-state index in [2.05, 4.69) is 10.4 Å². The fourth-order valence-electron chi connectivity index (χ4n) is 1.88. The van der Waals surface area contributed by atoms with E-state index in [-0.39, 0.29) is 18.1 Å². The molecule has 1 amide bonds. The monoisotopic (exact) mass is 301 g/mol. The topological polar surface area (TPSA) is 84.2 Å². The van der Waals surface area contributed by atoms with Crippen LogP contribution in [0, 0.1) is 12.3 Å². The summed E-state index contributed by atoms with van der Waals surface area (Å²) in [6, 6.07) is 11.2. The van der Waals surface area contributed by atoms with Gasteiger partial charge in [-0.2, -0.15) is 5.10 Å². The molecule has 2 rings (SSSR count). The van der Waals surface area contributed by atoms with E-state index >= 15 is 0 Å². The number of aliphatic carboxylic acids is 1. The first kappa shape index (κ1) is 15.8. The number of hydrogen-bond donors (Lipinski definition) is 2. The van der Waals surface area contributed by atoms with Gasteiger partial charge in [0, 0.05) is 12.2 Å². The standard InChI is InChI=1S/C16H19N3O3/c1-11-9-13(14(20)17-10-16(2,3)15(21)22)18-19(11)12-7-5-4-6-8-12/h4-9H,10H2,1-3H3,(H,17,20)(H,21,22). The van der Waals surface area contributed by atoms with Crippen LogP contribution in [-0.4, -0.2) is 33.3 Å². The molecule has 2 aromatic rings. The van der Waals surface area contributed by atoms with Crippen LogP contribution in [0.5, 0.6) is 0 Å². The van der Waals surface area contributed by atoms with Crippen LogP contribution in [0.4, 0.5) is 0 Å². The number of para-hydroxylation sites is 1. The molecule has 6 heteroatoms. The summed E-state index contributed by atoms with van der Waals surface area (Å²) in [6.45, 7) is 5.02. The highest BCUT2D eigenvalue weighted by Crippen LogP contribution is 2.15. The van der Waals surface area contributed by atoms with E-state index in [1.807, 2.05) is 37.3 Å². The molecular weight excluding hydrogens is 282 g/mol. The number of nitrogens with one attached hydrogen (secondary N) is 1. The first-order valence-corrected chi connectivity index (χ1v) is 6.95. The van der Waals surface area contributed by atoms with Crippen LogP contribution >= 0.6 is 0 Å². The third-order valence-corrected chi connectivity index (χ3v) is 3.39. The van der Waals surface area contributed by atoms with Crippen LogP contribution in [0.25, 0.3) is 5.69 Å². The number of rotatable bonds is 5. The fraction of sp³-hybridized carbons (Fsp3) is 0.312. The van der Waals surface area contributed by atoms with Crippen molar-refractivity contribution in [3.8, 4) is 5.69 Å². The van der Waals surface area contributed by atoms with E-state index in [1.165, 1.54) is 0 Å². The zero-order valence-corrected chi connectivity index (χ0v) is 12.8. The number of aryl methyl sites for hydroxylation is 1. The molecule has 1 heterocycles. The second-order valence-corrected chi connectivity index (χ2v) is 5.79. The Morgan fingerprint density at radius 3 is 2.50 bits per heavy atom. The summed E-state index contributed by atoms with van der Waals surface area (Å²) in [5.41, 5.74) is 0.938. The summed E-state index contributed by atoms with van der Waals surface area (Å²) in [6.07, 6.45) is 0. The highest BCUT2D eigenvalue weighted by Gasteiger charge is 2.28. The van der Waals surface area contributed by atoms with Crippen LogP contribution in [0.2, 0.25) is 0 Å². The smallest absolute Gasteiger partial charge is 0.310 e. The number of carbonyl (C=O) groups is 2. The zero-order chi connectivity index (χ0) is 16.3. The van der Waals surface area contributed by atoms with Gasteiger partial charge in [0.1, 0.15) is 0 Å². The molecule has 0 aliphatic rings. The lowest BCUT2D eigenvalue weighted by Crippen LogP contribution is -2.39. The SMILES string of the molecule is Cc1cc(C(=O)NCC(C)(C)C(=O)O)nn1-c1ccccc1. The zero-order valence-electron chi connectivity index (χ0n) is 12.8. The van der Waals surface area contributed by atoms with E-state index < -0.39 is 11.4 Å². The van der Waals surface area contributed by atoms with Crippen LogP contribution in [0.1, 0.15) is 30.0 Å². The average Bonchev–Trinajstić information content (AvgIpc) is 2.87. The van der Waals surface area contributed by atoms with Crippen molar-refractivity contribution in [2.75, 3.05) is 6.54 Å². The van der Waals surface area contributed by atoms with Crippen LogP contribution in [0.15, 0.2) is 36.4 Å². The molecular formula is C16H19N3O3. The largest absolute Gasteiger partial charge is 0.481 e. The van der Waals surface area contributed by atoms with E-state index in [0.717, 1.165) is 11.4 Å². The molecule has 0 unspecified atom stereocenters. The second kappa shape index (κ2) is 6.01. The lowest BCUT2D eigenvalue weighted by Gasteiger charge is -2.18. The van der Waals surface area contributed by atoms with Gasteiger partial charge in [-0.1, -0.05) is 18.2 Å². The Balaban J connectivity index is 2.14. The Morgan fingerprint density at radius 2 is 1.91 bits per heavy atom. The number of amides is 1. The van der Waals surface area contributed by atoms with Gasteiger partial charge in [0.15, 0.2) is 5.69 Å². The van der Waals surface area contributed by atoms with Crippen molar-refractivity contribution in [3.63, 3.8) is 0 Å². The van der Waals surface area contributed by atoms with Gasteiger partial charge in [-0.25, -0.2) is 4.68 Å². The summed E-state index contributed by atoms with van der Waals surface area (Å²) in [5.74, 6) is -1.34. The molecule has 2 N–H and O–H groups in total. The maximum Gasteiger partial charge on any atom is 0.310 e. The van der Waals surface area contributed by atoms with Gasteiger partial charge in [-0.05, 0) is 39.0 Å². The molecule has 0 bridgehead atoms. The summed E-state index contributed by atoms with van der Waals surface area (Å²) < 4.78 is 1.68. The van der Waals surface area contributed by atoms with Crippen LogP contribution in [-0.2, 0) is 4.79 Å². The van der Waals surface area contributed by atoms with Gasteiger partial charge >= 0.3 is 5.97 Å². The molecule has 0 fully saturated rings. The maximum atomic E-state index is 12.1. The molecule has 0 aliphatic heterocycles. The van der Waals surface area contributed by atoms with Crippen LogP contribution in [0.3, 0.4) is 0 Å². The van der Waals surface area contributed by atoms with Crippen molar-refractivity contribution in [3.05, 3.63) is 47.8 Å². The summed E-state index contributed by atoms with van der Waals surface area (Å²) in [7, 11) is 0. The predicted molar refractivity (Wildman–Crippen MR) is 82.1 cm³/mol. The number of carboxylic acid groups (broad SMARTS) is 1. The molecule has 6 nitrogen and oxygen atoms in total.